The lowest BCUT2D eigenvalue weighted by Gasteiger charge is -2.18. The van der Waals surface area contributed by atoms with E-state index >= 15 is 0 Å². The molecule has 0 radical (unpaired) electrons. The van der Waals surface area contributed by atoms with Crippen LogP contribution < -0.4 is 16.0 Å². The van der Waals surface area contributed by atoms with Crippen LogP contribution in [0, 0.1) is 13.8 Å². The average molecular weight is 800 g/mol. The topological polar surface area (TPSA) is 154 Å². The van der Waals surface area contributed by atoms with E-state index in [4.69, 9.17) is 15.3 Å². The summed E-state index contributed by atoms with van der Waals surface area (Å²) in [6.07, 6.45) is 20.1. The van der Waals surface area contributed by atoms with E-state index < -0.39 is 5.60 Å². The molecule has 13 nitrogen and oxygen atoms in total. The van der Waals surface area contributed by atoms with Gasteiger partial charge in [0.1, 0.15) is 18.8 Å². The Morgan fingerprint density at radius 3 is 2.02 bits per heavy atom. The van der Waals surface area contributed by atoms with Crippen LogP contribution in [0.15, 0.2) is 52.6 Å². The number of aryl methyl sites for hydroxylation is 2. The maximum atomic E-state index is 11.4. The molecular formula is C45H69N9O4. The Morgan fingerprint density at radius 2 is 1.45 bits per heavy atom. The van der Waals surface area contributed by atoms with Crippen molar-refractivity contribution >= 4 is 23.3 Å². The molecule has 3 heterocycles. The highest BCUT2D eigenvalue weighted by atomic mass is 16.6. The van der Waals surface area contributed by atoms with Crippen LogP contribution in [0.5, 0.6) is 5.88 Å². The van der Waals surface area contributed by atoms with Gasteiger partial charge in [-0.2, -0.15) is 15.3 Å². The Morgan fingerprint density at radius 1 is 0.845 bits per heavy atom. The standard InChI is InChI=1S/C20H24N4O.C11H19NO2.C9H14N2O.C5H12N2/c1-15-12-19(23(21-15)17-8-4-3-5-9-17)14-25-20-13-16(2)22-24(20)18-10-6-7-11-18;1-11(2,3)14-10(13)8-12-9-6-4-5-7-9;1-7-6-9(12)11(10-7)8-4-2-3-5-8;6-7-5-3-1-2-4-5/h3-5,8-9,12-13,18H,6-7,10-11,14H2,1-2H3;4-8H2,1-3H3;8H,2-6H2,1H3;5,7H,1-4,6H2. The van der Waals surface area contributed by atoms with Gasteiger partial charge in [-0.25, -0.2) is 14.4 Å². The molecule has 4 fully saturated rings. The number of hydrogen-bond donors (Lipinski definition) is 2. The number of aliphatic imine (C=N–C) groups is 1. The average Bonchev–Trinajstić information content (AvgIpc) is 4.03. The molecule has 13 heteroatoms. The number of esters is 1. The number of carbonyl (C=O) groups is 2. The van der Waals surface area contributed by atoms with E-state index in [1.165, 1.54) is 82.8 Å². The van der Waals surface area contributed by atoms with Gasteiger partial charge in [-0.1, -0.05) is 56.7 Å². The summed E-state index contributed by atoms with van der Waals surface area (Å²) in [7, 11) is 0. The van der Waals surface area contributed by atoms with Crippen LogP contribution in [0.3, 0.4) is 0 Å². The minimum absolute atomic E-state index is 0.187. The second kappa shape index (κ2) is 22.1. The molecule has 4 aliphatic carbocycles. The van der Waals surface area contributed by atoms with Gasteiger partial charge in [0.2, 0.25) is 11.8 Å². The molecule has 0 spiro atoms. The van der Waals surface area contributed by atoms with Gasteiger partial charge in [-0.15, -0.1) is 0 Å². The number of carbonyl (C=O) groups excluding carboxylic acids is 2. The Kier molecular flexibility index (Phi) is 17.1. The summed E-state index contributed by atoms with van der Waals surface area (Å²) in [5.74, 6) is 6.02. The largest absolute Gasteiger partial charge is 0.471 e. The van der Waals surface area contributed by atoms with E-state index in [0.717, 1.165) is 60.0 Å². The van der Waals surface area contributed by atoms with Crippen LogP contribution in [0.4, 0.5) is 0 Å². The molecular weight excluding hydrogens is 731 g/mol. The van der Waals surface area contributed by atoms with E-state index in [2.05, 4.69) is 48.6 Å². The summed E-state index contributed by atoms with van der Waals surface area (Å²) in [6, 6.07) is 15.8. The van der Waals surface area contributed by atoms with Crippen molar-refractivity contribution in [2.75, 3.05) is 6.54 Å². The lowest BCUT2D eigenvalue weighted by atomic mass is 10.2. The molecule has 318 valence electrons. The number of hydrazine groups is 1. The highest BCUT2D eigenvalue weighted by Gasteiger charge is 2.30. The quantitative estimate of drug-likeness (QED) is 0.124. The zero-order chi connectivity index (χ0) is 41.5. The van der Waals surface area contributed by atoms with Crippen molar-refractivity contribution in [3.8, 4) is 11.6 Å². The monoisotopic (exact) mass is 800 g/mol. The highest BCUT2D eigenvalue weighted by molar-refractivity contribution is 6.03. The minimum Gasteiger partial charge on any atom is -0.471 e. The predicted octanol–water partition coefficient (Wildman–Crippen LogP) is 8.65. The third-order valence-corrected chi connectivity index (χ3v) is 11.0. The molecule has 3 N–H and O–H groups in total. The molecule has 58 heavy (non-hydrogen) atoms. The molecule has 1 aliphatic heterocycles. The fourth-order valence-electron chi connectivity index (χ4n) is 8.20. The van der Waals surface area contributed by atoms with Gasteiger partial charge >= 0.3 is 5.97 Å². The zero-order valence-electron chi connectivity index (χ0n) is 36.0. The van der Waals surface area contributed by atoms with Gasteiger partial charge < -0.3 is 9.47 Å². The van der Waals surface area contributed by atoms with Gasteiger partial charge in [0, 0.05) is 23.5 Å². The number of nitrogens with two attached hydrogens (primary N) is 1. The molecule has 4 saturated carbocycles. The van der Waals surface area contributed by atoms with Crippen LogP contribution >= 0.6 is 0 Å². The first-order valence-corrected chi connectivity index (χ1v) is 21.7. The molecule has 5 aliphatic rings. The lowest BCUT2D eigenvalue weighted by Crippen LogP contribution is -2.32. The predicted molar refractivity (Wildman–Crippen MR) is 230 cm³/mol. The molecule has 1 amide bonds. The number of hydrogen-bond acceptors (Lipinski definition) is 10. The number of ether oxygens (including phenoxy) is 2. The summed E-state index contributed by atoms with van der Waals surface area (Å²) in [6.45, 7) is 12.2. The number of amides is 1. The van der Waals surface area contributed by atoms with Crippen LogP contribution in [0.25, 0.3) is 5.69 Å². The van der Waals surface area contributed by atoms with Crippen LogP contribution in [-0.2, 0) is 20.9 Å². The molecule has 0 bridgehead atoms. The zero-order valence-corrected chi connectivity index (χ0v) is 36.0. The van der Waals surface area contributed by atoms with Crippen molar-refractivity contribution in [2.45, 2.75) is 181 Å². The van der Waals surface area contributed by atoms with Crippen LogP contribution in [0.1, 0.15) is 160 Å². The van der Waals surface area contributed by atoms with Gasteiger partial charge in [-0.05, 0) is 124 Å². The third kappa shape index (κ3) is 14.2. The highest BCUT2D eigenvalue weighted by Crippen LogP contribution is 2.33. The first-order valence-electron chi connectivity index (χ1n) is 21.7. The number of benzene rings is 1. The summed E-state index contributed by atoms with van der Waals surface area (Å²) < 4.78 is 15.4. The normalized spacial score (nSPS) is 18.6. The summed E-state index contributed by atoms with van der Waals surface area (Å²) in [5, 5.41) is 15.2. The lowest BCUT2D eigenvalue weighted by molar-refractivity contribution is -0.152. The second-order valence-corrected chi connectivity index (χ2v) is 17.3. The SMILES string of the molecule is CC(C)(C)OC(=O)CN=C1CCCC1.CC1=NN(C2CCCC2)C(=O)C1.Cc1cc(COc2cc(C)nn2C2CCCC2)n(-c2ccccc2)n1.NNC1CCCC1. The van der Waals surface area contributed by atoms with Crippen molar-refractivity contribution in [3.05, 3.63) is 59.5 Å². The van der Waals surface area contributed by atoms with Gasteiger partial charge in [0.15, 0.2) is 0 Å². The molecule has 2 aromatic heterocycles. The van der Waals surface area contributed by atoms with Gasteiger partial charge in [0.25, 0.3) is 0 Å². The number of aromatic nitrogens is 4. The Bertz CT molecular complexity index is 1780. The third-order valence-electron chi connectivity index (χ3n) is 11.0. The van der Waals surface area contributed by atoms with E-state index in [1.54, 1.807) is 5.01 Å². The van der Waals surface area contributed by atoms with E-state index in [0.29, 0.717) is 31.2 Å². The van der Waals surface area contributed by atoms with E-state index in [1.807, 2.05) is 70.5 Å². The Hall–Kier alpha value is -4.36. The smallest absolute Gasteiger partial charge is 0.328 e. The number of hydrazone groups is 1. The summed E-state index contributed by atoms with van der Waals surface area (Å²) in [5.41, 5.74) is 8.60. The van der Waals surface area contributed by atoms with Crippen LogP contribution in [0.2, 0.25) is 0 Å². The number of rotatable bonds is 9. The van der Waals surface area contributed by atoms with Crippen molar-refractivity contribution in [2.24, 2.45) is 15.9 Å². The molecule has 3 aromatic rings. The van der Waals surface area contributed by atoms with Crippen molar-refractivity contribution in [1.29, 1.82) is 0 Å². The molecule has 8 rings (SSSR count). The van der Waals surface area contributed by atoms with E-state index in [-0.39, 0.29) is 18.4 Å². The first-order chi connectivity index (χ1) is 27.9. The fourth-order valence-corrected chi connectivity index (χ4v) is 8.20. The molecule has 1 aromatic carbocycles. The molecule has 0 atom stereocenters. The van der Waals surface area contributed by atoms with Gasteiger partial charge in [0.05, 0.1) is 41.3 Å². The molecule has 0 saturated heterocycles. The maximum Gasteiger partial charge on any atom is 0.328 e. The summed E-state index contributed by atoms with van der Waals surface area (Å²) in [4.78, 5) is 26.9. The van der Waals surface area contributed by atoms with Crippen molar-refractivity contribution < 1.29 is 19.1 Å². The van der Waals surface area contributed by atoms with Crippen molar-refractivity contribution in [1.82, 2.24) is 30.0 Å². The van der Waals surface area contributed by atoms with Crippen LogP contribution in [-0.4, -0.2) is 72.1 Å². The van der Waals surface area contributed by atoms with E-state index in [9.17, 15) is 9.59 Å². The number of nitrogens with one attached hydrogen (secondary N) is 1. The van der Waals surface area contributed by atoms with Gasteiger partial charge in [-0.3, -0.25) is 25.8 Å². The summed E-state index contributed by atoms with van der Waals surface area (Å²) >= 11 is 0. The first kappa shape index (κ1) is 44.7. The number of para-hydroxylation sites is 1. The fraction of sp³-hybridized carbons (Fsp3) is 0.644. The second-order valence-electron chi connectivity index (χ2n) is 17.3. The number of nitrogens with zero attached hydrogens (tertiary/aromatic N) is 7. The Balaban J connectivity index is 0.000000164. The Labute approximate surface area is 346 Å². The maximum absolute atomic E-state index is 11.4. The minimum atomic E-state index is -0.396. The molecule has 0 unspecified atom stereocenters. The van der Waals surface area contributed by atoms with Crippen molar-refractivity contribution in [3.63, 3.8) is 0 Å².